The minimum absolute atomic E-state index is 0.152. The van der Waals surface area contributed by atoms with Crippen LogP contribution in [0.1, 0.15) is 34.8 Å². The molecule has 9 heteroatoms. The number of methoxy groups -OCH3 is 1. The van der Waals surface area contributed by atoms with Gasteiger partial charge in [-0.15, -0.1) is 0 Å². The number of nitrogens with zero attached hydrogens (tertiary/aromatic N) is 2. The molecule has 0 radical (unpaired) electrons. The van der Waals surface area contributed by atoms with Gasteiger partial charge in [0.15, 0.2) is 5.66 Å². The largest absolute Gasteiger partial charge is 0.495 e. The summed E-state index contributed by atoms with van der Waals surface area (Å²) in [6.45, 7) is 1.91. The van der Waals surface area contributed by atoms with Crippen LogP contribution < -0.4 is 9.46 Å². The standard InChI is InChI=1S/C25H22ClN3O4S/c1-16-14-21(18-12-13-22(33-2)20(26)15-18)27-29(24(30)17-8-4-3-5-9-17)25(16)19-10-6-7-11-23(19)34(31,32)28-25/h3-13,15-16,28H,14H2,1-2H3/t16-,25-/m0/s1. The Kier molecular flexibility index (Phi) is 5.47. The monoisotopic (exact) mass is 495 g/mol. The van der Waals surface area contributed by atoms with Crippen LogP contribution in [-0.2, 0) is 15.7 Å². The van der Waals surface area contributed by atoms with Crippen molar-refractivity contribution < 1.29 is 17.9 Å². The maximum Gasteiger partial charge on any atom is 0.276 e. The number of carbonyl (C=O) groups is 1. The highest BCUT2D eigenvalue weighted by molar-refractivity contribution is 7.89. The van der Waals surface area contributed by atoms with E-state index in [1.165, 1.54) is 12.1 Å². The van der Waals surface area contributed by atoms with Crippen molar-refractivity contribution in [2.45, 2.75) is 23.9 Å². The number of benzene rings is 3. The number of carbonyl (C=O) groups excluding carboxylic acids is 1. The molecule has 2 atom stereocenters. The van der Waals surface area contributed by atoms with E-state index < -0.39 is 21.6 Å². The molecule has 0 saturated carbocycles. The first-order valence-corrected chi connectivity index (χ1v) is 12.6. The maximum atomic E-state index is 13.8. The minimum atomic E-state index is -3.84. The van der Waals surface area contributed by atoms with Crippen molar-refractivity contribution >= 4 is 33.2 Å². The molecule has 34 heavy (non-hydrogen) atoms. The molecule has 3 aromatic carbocycles. The lowest BCUT2D eigenvalue weighted by molar-refractivity contribution is 0.0168. The highest BCUT2D eigenvalue weighted by Crippen LogP contribution is 2.48. The normalized spacial score (nSPS) is 22.9. The molecule has 1 spiro atoms. The molecule has 2 heterocycles. The summed E-state index contributed by atoms with van der Waals surface area (Å²) in [5.41, 5.74) is 0.892. The SMILES string of the molecule is COc1ccc(C2=NN(C(=O)c3ccccc3)[C@@]3(NS(=O)(=O)c4ccccc43)[C@@H](C)C2)cc1Cl. The van der Waals surface area contributed by atoms with Crippen LogP contribution in [0, 0.1) is 5.92 Å². The number of ether oxygens (including phenoxy) is 1. The highest BCUT2D eigenvalue weighted by atomic mass is 35.5. The van der Waals surface area contributed by atoms with Gasteiger partial charge in [-0.25, -0.2) is 13.4 Å². The van der Waals surface area contributed by atoms with E-state index in [1.807, 2.05) is 19.1 Å². The van der Waals surface area contributed by atoms with Crippen LogP contribution in [-0.4, -0.2) is 32.2 Å². The molecule has 7 nitrogen and oxygen atoms in total. The molecule has 3 aromatic rings. The van der Waals surface area contributed by atoms with Crippen LogP contribution in [0.4, 0.5) is 0 Å². The number of amides is 1. The van der Waals surface area contributed by atoms with Crippen molar-refractivity contribution in [3.8, 4) is 5.75 Å². The summed E-state index contributed by atoms with van der Waals surface area (Å²) in [5.74, 6) is -0.225. The van der Waals surface area contributed by atoms with Crippen molar-refractivity contribution in [2.24, 2.45) is 11.0 Å². The Morgan fingerprint density at radius 3 is 2.53 bits per heavy atom. The Balaban J connectivity index is 1.72. The molecule has 0 bridgehead atoms. The second-order valence-corrected chi connectivity index (χ2v) is 10.4. The first-order valence-electron chi connectivity index (χ1n) is 10.7. The first-order chi connectivity index (χ1) is 16.3. The maximum absolute atomic E-state index is 13.8. The van der Waals surface area contributed by atoms with Crippen molar-refractivity contribution in [3.05, 3.63) is 94.5 Å². The lowest BCUT2D eigenvalue weighted by Gasteiger charge is -2.45. The van der Waals surface area contributed by atoms with Gasteiger partial charge in [0, 0.05) is 17.0 Å². The van der Waals surface area contributed by atoms with E-state index in [4.69, 9.17) is 21.4 Å². The van der Waals surface area contributed by atoms with Gasteiger partial charge in [0.25, 0.3) is 5.91 Å². The molecule has 0 aromatic heterocycles. The zero-order valence-corrected chi connectivity index (χ0v) is 20.1. The van der Waals surface area contributed by atoms with Gasteiger partial charge in [0.1, 0.15) is 5.75 Å². The molecule has 1 amide bonds. The Hall–Kier alpha value is -3.20. The number of rotatable bonds is 3. The smallest absolute Gasteiger partial charge is 0.276 e. The lowest BCUT2D eigenvalue weighted by atomic mass is 9.81. The van der Waals surface area contributed by atoms with Gasteiger partial charge in [0.05, 0.1) is 22.7 Å². The summed E-state index contributed by atoms with van der Waals surface area (Å²) < 4.78 is 34.3. The van der Waals surface area contributed by atoms with Gasteiger partial charge in [-0.2, -0.15) is 9.82 Å². The number of hydrazone groups is 1. The van der Waals surface area contributed by atoms with E-state index in [-0.39, 0.29) is 10.8 Å². The van der Waals surface area contributed by atoms with Crippen LogP contribution in [0.5, 0.6) is 5.75 Å². The molecular formula is C25H22ClN3O4S. The van der Waals surface area contributed by atoms with Crippen LogP contribution in [0.3, 0.4) is 0 Å². The first kappa shape index (κ1) is 22.6. The van der Waals surface area contributed by atoms with Crippen LogP contribution in [0.2, 0.25) is 5.02 Å². The van der Waals surface area contributed by atoms with Crippen molar-refractivity contribution in [3.63, 3.8) is 0 Å². The van der Waals surface area contributed by atoms with E-state index in [9.17, 15) is 13.2 Å². The average molecular weight is 496 g/mol. The second kappa shape index (κ2) is 8.23. The Bertz CT molecular complexity index is 1430. The molecule has 2 aliphatic heterocycles. The molecule has 1 N–H and O–H groups in total. The van der Waals surface area contributed by atoms with E-state index in [0.717, 1.165) is 5.56 Å². The summed E-state index contributed by atoms with van der Waals surface area (Å²) in [6, 6.07) is 20.7. The summed E-state index contributed by atoms with van der Waals surface area (Å²) in [6.07, 6.45) is 0.415. The Morgan fingerprint density at radius 2 is 1.82 bits per heavy atom. The third kappa shape index (κ3) is 3.41. The molecule has 0 unspecified atom stereocenters. The van der Waals surface area contributed by atoms with Gasteiger partial charge >= 0.3 is 0 Å². The highest BCUT2D eigenvalue weighted by Gasteiger charge is 2.57. The fourth-order valence-electron chi connectivity index (χ4n) is 4.67. The topological polar surface area (TPSA) is 88.1 Å². The number of nitrogens with one attached hydrogen (secondary N) is 1. The van der Waals surface area contributed by atoms with Gasteiger partial charge in [-0.05, 0) is 48.4 Å². The summed E-state index contributed by atoms with van der Waals surface area (Å²) in [5, 5.41) is 6.45. The van der Waals surface area contributed by atoms with Crippen LogP contribution >= 0.6 is 11.6 Å². The van der Waals surface area contributed by atoms with E-state index in [0.29, 0.717) is 34.0 Å². The fourth-order valence-corrected chi connectivity index (χ4v) is 6.62. The third-order valence-corrected chi connectivity index (χ3v) is 8.15. The van der Waals surface area contributed by atoms with Crippen LogP contribution in [0.25, 0.3) is 0 Å². The van der Waals surface area contributed by atoms with Crippen molar-refractivity contribution in [1.82, 2.24) is 9.73 Å². The zero-order valence-electron chi connectivity index (χ0n) is 18.5. The average Bonchev–Trinajstić information content (AvgIpc) is 3.09. The number of hydrogen-bond donors (Lipinski definition) is 1. The predicted octanol–water partition coefficient (Wildman–Crippen LogP) is 4.38. The molecule has 0 saturated heterocycles. The van der Waals surface area contributed by atoms with Crippen molar-refractivity contribution in [1.29, 1.82) is 0 Å². The van der Waals surface area contributed by atoms with Gasteiger partial charge < -0.3 is 4.74 Å². The second-order valence-electron chi connectivity index (χ2n) is 8.35. The number of hydrogen-bond acceptors (Lipinski definition) is 5. The van der Waals surface area contributed by atoms with E-state index >= 15 is 0 Å². The fraction of sp³-hybridized carbons (Fsp3) is 0.200. The number of sulfonamides is 1. The quantitative estimate of drug-likeness (QED) is 0.584. The van der Waals surface area contributed by atoms with E-state index in [2.05, 4.69) is 4.72 Å². The Labute approximate surface area is 203 Å². The molecule has 0 fully saturated rings. The number of halogens is 1. The summed E-state index contributed by atoms with van der Waals surface area (Å²) in [4.78, 5) is 14.0. The molecule has 5 rings (SSSR count). The zero-order chi connectivity index (χ0) is 24.1. The Morgan fingerprint density at radius 1 is 1.12 bits per heavy atom. The molecule has 174 valence electrons. The number of fused-ring (bicyclic) bond motifs is 2. The molecular weight excluding hydrogens is 474 g/mol. The van der Waals surface area contributed by atoms with Gasteiger partial charge in [0.2, 0.25) is 10.0 Å². The summed E-state index contributed by atoms with van der Waals surface area (Å²) >= 11 is 6.35. The predicted molar refractivity (Wildman–Crippen MR) is 129 cm³/mol. The van der Waals surface area contributed by atoms with Gasteiger partial charge in [-0.3, -0.25) is 4.79 Å². The van der Waals surface area contributed by atoms with Crippen LogP contribution in [0.15, 0.2) is 82.8 Å². The minimum Gasteiger partial charge on any atom is -0.495 e. The van der Waals surface area contributed by atoms with Gasteiger partial charge in [-0.1, -0.05) is 54.9 Å². The lowest BCUT2D eigenvalue weighted by Crippen LogP contribution is -2.60. The van der Waals surface area contributed by atoms with E-state index in [1.54, 1.807) is 60.7 Å². The van der Waals surface area contributed by atoms with Crippen molar-refractivity contribution in [2.75, 3.05) is 7.11 Å². The third-order valence-electron chi connectivity index (χ3n) is 6.34. The molecule has 0 aliphatic carbocycles. The molecule has 2 aliphatic rings. The summed E-state index contributed by atoms with van der Waals surface area (Å²) in [7, 11) is -2.31.